The second-order valence-electron chi connectivity index (χ2n) is 5.33. The number of thiol groups is 2. The van der Waals surface area contributed by atoms with Crippen molar-refractivity contribution in [2.45, 2.75) is 55.7 Å². The minimum Gasteiger partial charge on any atom is -0.198 e. The second kappa shape index (κ2) is 5.54. The maximum Gasteiger partial charge on any atom is 0.459 e. The van der Waals surface area contributed by atoms with Crippen molar-refractivity contribution in [3.05, 3.63) is 0 Å². The molecule has 19 heavy (non-hydrogen) atoms. The summed E-state index contributed by atoms with van der Waals surface area (Å²) in [5.74, 6) is -11.4. The average Bonchev–Trinajstić information content (AvgIpc) is 2.13. The fourth-order valence-electron chi connectivity index (χ4n) is 1.11. The summed E-state index contributed by atoms with van der Waals surface area (Å²) in [6.45, 7) is 4.81. The highest BCUT2D eigenvalue weighted by atomic mass is 32.1. The Bertz CT molecular complexity index is 306. The molecule has 0 bridgehead atoms. The maximum absolute atomic E-state index is 13.3. The van der Waals surface area contributed by atoms with Crippen LogP contribution < -0.4 is 0 Å². The van der Waals surface area contributed by atoms with Crippen LogP contribution in [-0.4, -0.2) is 28.5 Å². The van der Waals surface area contributed by atoms with Crippen LogP contribution in [0.15, 0.2) is 0 Å². The Morgan fingerprint density at radius 2 is 1.16 bits per heavy atom. The SMILES string of the molecule is CC(C)(C)C(S)CC(S)C(F)(F)C(F)(F)C(F)(F)F. The predicted octanol–water partition coefficient (Wildman–Crippen LogP) is 4.85. The quantitative estimate of drug-likeness (QED) is 0.533. The summed E-state index contributed by atoms with van der Waals surface area (Å²) >= 11 is 7.17. The zero-order valence-corrected chi connectivity index (χ0v) is 12.2. The largest absolute Gasteiger partial charge is 0.459 e. The molecule has 0 amide bonds. The van der Waals surface area contributed by atoms with E-state index in [0.29, 0.717) is 0 Å². The van der Waals surface area contributed by atoms with Crippen LogP contribution in [0.3, 0.4) is 0 Å². The summed E-state index contributed by atoms with van der Waals surface area (Å²) in [5, 5.41) is -3.25. The molecule has 2 unspecified atom stereocenters. The molecule has 0 saturated carbocycles. The molecule has 0 aromatic rings. The van der Waals surface area contributed by atoms with Gasteiger partial charge < -0.3 is 0 Å². The highest BCUT2D eigenvalue weighted by Gasteiger charge is 2.74. The van der Waals surface area contributed by atoms with Crippen LogP contribution in [0.5, 0.6) is 0 Å². The predicted molar refractivity (Wildman–Crippen MR) is 65.6 cm³/mol. The van der Waals surface area contributed by atoms with Crippen molar-refractivity contribution in [1.29, 1.82) is 0 Å². The third-order valence-electron chi connectivity index (χ3n) is 2.64. The topological polar surface area (TPSA) is 0 Å². The van der Waals surface area contributed by atoms with E-state index >= 15 is 0 Å². The third kappa shape index (κ3) is 4.09. The van der Waals surface area contributed by atoms with E-state index in [1.54, 1.807) is 20.8 Å². The lowest BCUT2D eigenvalue weighted by atomic mass is 9.87. The van der Waals surface area contributed by atoms with Gasteiger partial charge in [-0.3, -0.25) is 0 Å². The van der Waals surface area contributed by atoms with Gasteiger partial charge >= 0.3 is 18.0 Å². The highest BCUT2D eigenvalue weighted by Crippen LogP contribution is 2.50. The molecule has 0 aliphatic rings. The molecule has 9 heteroatoms. The second-order valence-corrected chi connectivity index (χ2v) is 6.58. The van der Waals surface area contributed by atoms with Gasteiger partial charge in [0.15, 0.2) is 0 Å². The summed E-state index contributed by atoms with van der Waals surface area (Å²) < 4.78 is 88.0. The van der Waals surface area contributed by atoms with Crippen molar-refractivity contribution in [2.24, 2.45) is 5.41 Å². The van der Waals surface area contributed by atoms with Crippen LogP contribution in [-0.2, 0) is 0 Å². The molecule has 0 aliphatic heterocycles. The van der Waals surface area contributed by atoms with Gasteiger partial charge in [0.05, 0.1) is 5.25 Å². The first kappa shape index (κ1) is 19.2. The lowest BCUT2D eigenvalue weighted by Crippen LogP contribution is -2.57. The van der Waals surface area contributed by atoms with Gasteiger partial charge in [-0.1, -0.05) is 20.8 Å². The van der Waals surface area contributed by atoms with Gasteiger partial charge in [-0.15, -0.1) is 0 Å². The first-order valence-electron chi connectivity index (χ1n) is 5.23. The molecule has 0 radical (unpaired) electrons. The summed E-state index contributed by atoms with van der Waals surface area (Å²) in [6, 6.07) is 0. The molecule has 0 nitrogen and oxygen atoms in total. The average molecular weight is 332 g/mol. The molecule has 0 saturated heterocycles. The van der Waals surface area contributed by atoms with Crippen molar-refractivity contribution >= 4 is 25.3 Å². The van der Waals surface area contributed by atoms with E-state index in [2.05, 4.69) is 25.3 Å². The van der Waals surface area contributed by atoms with E-state index in [4.69, 9.17) is 0 Å². The van der Waals surface area contributed by atoms with E-state index in [-0.39, 0.29) is 0 Å². The smallest absolute Gasteiger partial charge is 0.198 e. The van der Waals surface area contributed by atoms with Crippen molar-refractivity contribution in [3.8, 4) is 0 Å². The number of hydrogen-bond donors (Lipinski definition) is 2. The molecule has 0 aromatic heterocycles. The van der Waals surface area contributed by atoms with E-state index in [1.807, 2.05) is 0 Å². The first-order chi connectivity index (χ1) is 8.05. The zero-order valence-electron chi connectivity index (χ0n) is 10.4. The number of halogens is 7. The Labute approximate surface area is 117 Å². The standard InChI is InChI=1S/C10H15F7S2/c1-7(2,3)5(18)4-6(19)8(11,12)9(13,14)10(15,16)17/h5-6,18-19H,4H2,1-3H3. The number of alkyl halides is 7. The molecule has 2 atom stereocenters. The molecular formula is C10H15F7S2. The molecule has 0 fully saturated rings. The van der Waals surface area contributed by atoms with Crippen molar-refractivity contribution in [2.75, 3.05) is 0 Å². The molecule has 116 valence electrons. The number of rotatable bonds is 4. The van der Waals surface area contributed by atoms with E-state index in [0.717, 1.165) is 0 Å². The molecule has 0 spiro atoms. The molecule has 0 N–H and O–H groups in total. The third-order valence-corrected chi connectivity index (χ3v) is 4.16. The fraction of sp³-hybridized carbons (Fsp3) is 1.00. The van der Waals surface area contributed by atoms with Crippen LogP contribution in [0, 0.1) is 5.41 Å². The Kier molecular flexibility index (Phi) is 5.60. The van der Waals surface area contributed by atoms with E-state index < -0.39 is 40.4 Å². The Balaban J connectivity index is 5.12. The minimum atomic E-state index is -6.33. The Morgan fingerprint density at radius 3 is 1.42 bits per heavy atom. The first-order valence-corrected chi connectivity index (χ1v) is 6.27. The van der Waals surface area contributed by atoms with Gasteiger partial charge in [0.25, 0.3) is 0 Å². The lowest BCUT2D eigenvalue weighted by molar-refractivity contribution is -0.354. The number of hydrogen-bond acceptors (Lipinski definition) is 2. The van der Waals surface area contributed by atoms with Crippen molar-refractivity contribution in [1.82, 2.24) is 0 Å². The maximum atomic E-state index is 13.3. The van der Waals surface area contributed by atoms with E-state index in [9.17, 15) is 30.7 Å². The summed E-state index contributed by atoms with van der Waals surface area (Å²) in [4.78, 5) is 0. The Hall–Kier alpha value is 0.210. The molecule has 0 aromatic carbocycles. The van der Waals surface area contributed by atoms with Gasteiger partial charge in [-0.05, 0) is 11.8 Å². The summed E-state index contributed by atoms with van der Waals surface area (Å²) in [7, 11) is 0. The van der Waals surface area contributed by atoms with Crippen LogP contribution >= 0.6 is 25.3 Å². The van der Waals surface area contributed by atoms with Crippen molar-refractivity contribution < 1.29 is 30.7 Å². The monoisotopic (exact) mass is 332 g/mol. The highest BCUT2D eigenvalue weighted by molar-refractivity contribution is 7.82. The lowest BCUT2D eigenvalue weighted by Gasteiger charge is -2.35. The minimum absolute atomic E-state index is 0.631. The van der Waals surface area contributed by atoms with Gasteiger partial charge in [0.1, 0.15) is 0 Å². The molecule has 0 heterocycles. The Morgan fingerprint density at radius 1 is 0.789 bits per heavy atom. The molecule has 0 aliphatic carbocycles. The zero-order chi connectivity index (χ0) is 15.9. The van der Waals surface area contributed by atoms with Crippen LogP contribution in [0.1, 0.15) is 27.2 Å². The van der Waals surface area contributed by atoms with Crippen LogP contribution in [0.4, 0.5) is 30.7 Å². The van der Waals surface area contributed by atoms with Gasteiger partial charge in [-0.25, -0.2) is 0 Å². The van der Waals surface area contributed by atoms with Crippen LogP contribution in [0.2, 0.25) is 0 Å². The summed E-state index contributed by atoms with van der Waals surface area (Å²) in [5.41, 5.74) is -0.631. The molecule has 0 rings (SSSR count). The fourth-order valence-corrected chi connectivity index (χ4v) is 1.86. The van der Waals surface area contributed by atoms with Crippen LogP contribution in [0.25, 0.3) is 0 Å². The summed E-state index contributed by atoms with van der Waals surface area (Å²) in [6.07, 6.45) is -7.01. The van der Waals surface area contributed by atoms with Gasteiger partial charge in [0.2, 0.25) is 0 Å². The van der Waals surface area contributed by atoms with Gasteiger partial charge in [0, 0.05) is 5.25 Å². The van der Waals surface area contributed by atoms with E-state index in [1.165, 1.54) is 0 Å². The molecular weight excluding hydrogens is 317 g/mol. The van der Waals surface area contributed by atoms with Crippen molar-refractivity contribution in [3.63, 3.8) is 0 Å². The normalized spacial score (nSPS) is 18.3. The van der Waals surface area contributed by atoms with Gasteiger partial charge in [-0.2, -0.15) is 56.0 Å².